The largest absolute Gasteiger partial charge is 0.444 e. The number of carbonyl (C=O) groups excluding carboxylic acids is 1. The molecule has 0 aliphatic rings. The molecule has 1 rings (SSSR count). The van der Waals surface area contributed by atoms with Gasteiger partial charge in [-0.2, -0.15) is 0 Å². The molecule has 0 unspecified atom stereocenters. The SMILES string of the molecule is CC(C)(C)OC(=O)N[C@](C)(Cc1ccccc1)C(=N)N. The van der Waals surface area contributed by atoms with Crippen LogP contribution in [-0.2, 0) is 11.2 Å². The van der Waals surface area contributed by atoms with Gasteiger partial charge in [-0.15, -0.1) is 0 Å². The van der Waals surface area contributed by atoms with Crippen molar-refractivity contribution in [1.29, 1.82) is 5.41 Å². The average molecular weight is 277 g/mol. The molecule has 5 heteroatoms. The van der Waals surface area contributed by atoms with Gasteiger partial charge in [0.05, 0.1) is 0 Å². The zero-order chi connectivity index (χ0) is 15.4. The highest BCUT2D eigenvalue weighted by Crippen LogP contribution is 2.15. The molecule has 0 saturated carbocycles. The minimum absolute atomic E-state index is 0.104. The number of hydrogen-bond donors (Lipinski definition) is 3. The summed E-state index contributed by atoms with van der Waals surface area (Å²) in [4.78, 5) is 11.9. The van der Waals surface area contributed by atoms with E-state index >= 15 is 0 Å². The molecule has 0 aliphatic heterocycles. The second kappa shape index (κ2) is 5.94. The van der Waals surface area contributed by atoms with Crippen molar-refractivity contribution in [2.24, 2.45) is 5.73 Å². The maximum Gasteiger partial charge on any atom is 0.408 e. The molecular weight excluding hydrogens is 254 g/mol. The molecule has 4 N–H and O–H groups in total. The Hall–Kier alpha value is -2.04. The van der Waals surface area contributed by atoms with Crippen LogP contribution in [0.2, 0.25) is 0 Å². The molecule has 5 nitrogen and oxygen atoms in total. The smallest absolute Gasteiger partial charge is 0.408 e. The van der Waals surface area contributed by atoms with Crippen LogP contribution in [0.1, 0.15) is 33.3 Å². The van der Waals surface area contributed by atoms with Gasteiger partial charge in [-0.1, -0.05) is 30.3 Å². The summed E-state index contributed by atoms with van der Waals surface area (Å²) >= 11 is 0. The van der Waals surface area contributed by atoms with Crippen LogP contribution in [0.3, 0.4) is 0 Å². The molecule has 0 spiro atoms. The number of hydrogen-bond acceptors (Lipinski definition) is 3. The van der Waals surface area contributed by atoms with E-state index in [-0.39, 0.29) is 5.84 Å². The van der Waals surface area contributed by atoms with E-state index in [0.717, 1.165) is 5.56 Å². The topological polar surface area (TPSA) is 88.2 Å². The molecule has 110 valence electrons. The maximum atomic E-state index is 11.9. The first kappa shape index (κ1) is 16.0. The molecular formula is C15H23N3O2. The van der Waals surface area contributed by atoms with Crippen molar-refractivity contribution in [2.45, 2.75) is 45.3 Å². The fourth-order valence-corrected chi connectivity index (χ4v) is 1.74. The van der Waals surface area contributed by atoms with Gasteiger partial charge in [0.2, 0.25) is 0 Å². The van der Waals surface area contributed by atoms with Gasteiger partial charge in [0, 0.05) is 6.42 Å². The van der Waals surface area contributed by atoms with Crippen molar-refractivity contribution in [3.8, 4) is 0 Å². The van der Waals surface area contributed by atoms with Crippen molar-refractivity contribution in [1.82, 2.24) is 5.32 Å². The van der Waals surface area contributed by atoms with Gasteiger partial charge in [-0.25, -0.2) is 4.79 Å². The standard InChI is InChI=1S/C15H23N3O2/c1-14(2,3)20-13(19)18-15(4,12(16)17)10-11-8-6-5-7-9-11/h5-9H,10H2,1-4H3,(H3,16,17)(H,18,19)/t15-/m1/s1. The summed E-state index contributed by atoms with van der Waals surface area (Å²) in [6, 6.07) is 9.58. The van der Waals surface area contributed by atoms with Crippen molar-refractivity contribution < 1.29 is 9.53 Å². The molecule has 20 heavy (non-hydrogen) atoms. The number of carbonyl (C=O) groups is 1. The summed E-state index contributed by atoms with van der Waals surface area (Å²) in [6.07, 6.45) is -0.145. The monoisotopic (exact) mass is 277 g/mol. The van der Waals surface area contributed by atoms with Crippen LogP contribution < -0.4 is 11.1 Å². The molecule has 0 saturated heterocycles. The van der Waals surface area contributed by atoms with Crippen LogP contribution in [0.4, 0.5) is 4.79 Å². The number of alkyl carbamates (subject to hydrolysis) is 1. The van der Waals surface area contributed by atoms with Crippen LogP contribution in [0.15, 0.2) is 30.3 Å². The molecule has 0 aliphatic carbocycles. The molecule has 0 aromatic heterocycles. The Morgan fingerprint density at radius 3 is 2.25 bits per heavy atom. The first-order valence-corrected chi connectivity index (χ1v) is 6.52. The van der Waals surface area contributed by atoms with E-state index in [1.807, 2.05) is 30.3 Å². The summed E-state index contributed by atoms with van der Waals surface area (Å²) in [5.74, 6) is -0.104. The lowest BCUT2D eigenvalue weighted by Crippen LogP contribution is -2.57. The van der Waals surface area contributed by atoms with E-state index in [2.05, 4.69) is 5.32 Å². The Labute approximate surface area is 120 Å². The molecule has 1 atom stereocenters. The second-order valence-electron chi connectivity index (χ2n) is 6.04. The third-order valence-corrected chi connectivity index (χ3v) is 2.77. The summed E-state index contributed by atoms with van der Waals surface area (Å²) in [5.41, 5.74) is 5.07. The zero-order valence-electron chi connectivity index (χ0n) is 12.5. The Balaban J connectivity index is 2.82. The number of ether oxygens (including phenoxy) is 1. The van der Waals surface area contributed by atoms with Crippen molar-refractivity contribution in [3.63, 3.8) is 0 Å². The van der Waals surface area contributed by atoms with Crippen molar-refractivity contribution in [3.05, 3.63) is 35.9 Å². The van der Waals surface area contributed by atoms with Crippen LogP contribution in [0.5, 0.6) is 0 Å². The van der Waals surface area contributed by atoms with Crippen LogP contribution in [0.25, 0.3) is 0 Å². The van der Waals surface area contributed by atoms with Crippen LogP contribution in [-0.4, -0.2) is 23.1 Å². The Morgan fingerprint density at radius 2 is 1.80 bits per heavy atom. The fourth-order valence-electron chi connectivity index (χ4n) is 1.74. The molecule has 1 aromatic rings. The van der Waals surface area contributed by atoms with Gasteiger partial charge >= 0.3 is 6.09 Å². The number of nitrogens with two attached hydrogens (primary N) is 1. The highest BCUT2D eigenvalue weighted by molar-refractivity contribution is 5.90. The van der Waals surface area contributed by atoms with Gasteiger partial charge in [0.25, 0.3) is 0 Å². The number of nitrogens with one attached hydrogen (secondary N) is 2. The average Bonchev–Trinajstić information content (AvgIpc) is 2.26. The highest BCUT2D eigenvalue weighted by Gasteiger charge is 2.32. The summed E-state index contributed by atoms with van der Waals surface area (Å²) < 4.78 is 5.22. The quantitative estimate of drug-likeness (QED) is 0.583. The van der Waals surface area contributed by atoms with E-state index in [9.17, 15) is 4.79 Å². The Morgan fingerprint density at radius 1 is 1.25 bits per heavy atom. The first-order chi connectivity index (χ1) is 9.12. The van der Waals surface area contributed by atoms with E-state index in [0.29, 0.717) is 6.42 Å². The molecule has 0 bridgehead atoms. The number of amidine groups is 1. The minimum Gasteiger partial charge on any atom is -0.444 e. The van der Waals surface area contributed by atoms with Gasteiger partial charge in [-0.05, 0) is 33.3 Å². The second-order valence-corrected chi connectivity index (χ2v) is 6.04. The predicted molar refractivity (Wildman–Crippen MR) is 79.8 cm³/mol. The highest BCUT2D eigenvalue weighted by atomic mass is 16.6. The van der Waals surface area contributed by atoms with E-state index < -0.39 is 17.2 Å². The lowest BCUT2D eigenvalue weighted by Gasteiger charge is -2.31. The Bertz CT molecular complexity index is 480. The van der Waals surface area contributed by atoms with E-state index in [1.54, 1.807) is 27.7 Å². The number of amides is 1. The summed E-state index contributed by atoms with van der Waals surface area (Å²) in [7, 11) is 0. The van der Waals surface area contributed by atoms with Crippen LogP contribution in [0, 0.1) is 5.41 Å². The van der Waals surface area contributed by atoms with Gasteiger partial charge < -0.3 is 15.8 Å². The predicted octanol–water partition coefficient (Wildman–Crippen LogP) is 2.45. The van der Waals surface area contributed by atoms with Crippen LogP contribution >= 0.6 is 0 Å². The minimum atomic E-state index is -0.969. The molecule has 0 radical (unpaired) electrons. The first-order valence-electron chi connectivity index (χ1n) is 6.52. The lowest BCUT2D eigenvalue weighted by atomic mass is 9.92. The van der Waals surface area contributed by atoms with Crippen molar-refractivity contribution >= 4 is 11.9 Å². The zero-order valence-corrected chi connectivity index (χ0v) is 12.5. The molecule has 1 aromatic carbocycles. The molecule has 0 fully saturated rings. The lowest BCUT2D eigenvalue weighted by molar-refractivity contribution is 0.0490. The fraction of sp³-hybridized carbons (Fsp3) is 0.467. The van der Waals surface area contributed by atoms with Gasteiger partial charge in [0.15, 0.2) is 0 Å². The number of benzene rings is 1. The van der Waals surface area contributed by atoms with E-state index in [4.69, 9.17) is 15.9 Å². The normalized spacial score (nSPS) is 14.2. The molecule has 1 amide bonds. The van der Waals surface area contributed by atoms with Gasteiger partial charge in [0.1, 0.15) is 17.0 Å². The Kier molecular flexibility index (Phi) is 4.76. The summed E-state index contributed by atoms with van der Waals surface area (Å²) in [6.45, 7) is 7.07. The third kappa shape index (κ3) is 4.91. The summed E-state index contributed by atoms with van der Waals surface area (Å²) in [5, 5.41) is 10.4. The van der Waals surface area contributed by atoms with E-state index in [1.165, 1.54) is 0 Å². The third-order valence-electron chi connectivity index (χ3n) is 2.77. The number of rotatable bonds is 4. The van der Waals surface area contributed by atoms with Gasteiger partial charge in [-0.3, -0.25) is 5.41 Å². The van der Waals surface area contributed by atoms with Crippen molar-refractivity contribution in [2.75, 3.05) is 0 Å². The maximum absolute atomic E-state index is 11.9. The molecule has 0 heterocycles.